The van der Waals surface area contributed by atoms with Gasteiger partial charge in [0.2, 0.25) is 11.6 Å². The van der Waals surface area contributed by atoms with Crippen molar-refractivity contribution in [1.29, 1.82) is 0 Å². The third-order valence-corrected chi connectivity index (χ3v) is 5.13. The zero-order valence-corrected chi connectivity index (χ0v) is 16.6. The SMILES string of the molecule is O=[N+]([O-])c1c(NCCCn2ccnc2)ncnc1N1CCN(c2ccccc2)CC1. The Labute approximate surface area is 174 Å². The minimum atomic E-state index is -0.392. The van der Waals surface area contributed by atoms with E-state index in [1.807, 2.05) is 33.9 Å². The van der Waals surface area contributed by atoms with E-state index < -0.39 is 4.92 Å². The second-order valence-corrected chi connectivity index (χ2v) is 7.04. The molecule has 10 nitrogen and oxygen atoms in total. The quantitative estimate of drug-likeness (QED) is 0.344. The van der Waals surface area contributed by atoms with Gasteiger partial charge >= 0.3 is 5.69 Å². The summed E-state index contributed by atoms with van der Waals surface area (Å²) in [5.41, 5.74) is 1.10. The lowest BCUT2D eigenvalue weighted by molar-refractivity contribution is -0.383. The van der Waals surface area contributed by atoms with E-state index in [1.54, 1.807) is 12.5 Å². The van der Waals surface area contributed by atoms with Gasteiger partial charge < -0.3 is 19.7 Å². The molecule has 1 N–H and O–H groups in total. The van der Waals surface area contributed by atoms with E-state index >= 15 is 0 Å². The fraction of sp³-hybridized carbons (Fsp3) is 0.350. The third kappa shape index (κ3) is 4.48. The van der Waals surface area contributed by atoms with Crippen molar-refractivity contribution in [2.24, 2.45) is 0 Å². The van der Waals surface area contributed by atoms with E-state index in [0.29, 0.717) is 25.5 Å². The number of piperazine rings is 1. The molecule has 0 unspecified atom stereocenters. The summed E-state index contributed by atoms with van der Waals surface area (Å²) in [6, 6.07) is 10.2. The van der Waals surface area contributed by atoms with Crippen LogP contribution in [0.25, 0.3) is 0 Å². The smallest absolute Gasteiger partial charge is 0.353 e. The van der Waals surface area contributed by atoms with Crippen LogP contribution in [0, 0.1) is 10.1 Å². The number of nitrogens with one attached hydrogen (secondary N) is 1. The van der Waals surface area contributed by atoms with Crippen molar-refractivity contribution in [2.45, 2.75) is 13.0 Å². The van der Waals surface area contributed by atoms with Gasteiger partial charge in [-0.2, -0.15) is 0 Å². The molecule has 1 fully saturated rings. The van der Waals surface area contributed by atoms with E-state index in [4.69, 9.17) is 0 Å². The lowest BCUT2D eigenvalue weighted by Crippen LogP contribution is -2.47. The molecule has 1 saturated heterocycles. The van der Waals surface area contributed by atoms with Crippen LogP contribution in [-0.2, 0) is 6.54 Å². The van der Waals surface area contributed by atoms with Crippen molar-refractivity contribution in [3.63, 3.8) is 0 Å². The Bertz CT molecular complexity index is 956. The van der Waals surface area contributed by atoms with Crippen LogP contribution >= 0.6 is 0 Å². The van der Waals surface area contributed by atoms with Gasteiger partial charge in [0.05, 0.1) is 11.3 Å². The molecule has 0 bridgehead atoms. The number of aromatic nitrogens is 4. The summed E-state index contributed by atoms with van der Waals surface area (Å²) in [6.07, 6.45) is 7.56. The summed E-state index contributed by atoms with van der Waals surface area (Å²) in [5.74, 6) is 0.640. The number of hydrogen-bond donors (Lipinski definition) is 1. The van der Waals surface area contributed by atoms with Crippen LogP contribution in [0.15, 0.2) is 55.4 Å². The van der Waals surface area contributed by atoms with Crippen molar-refractivity contribution in [2.75, 3.05) is 47.8 Å². The normalized spacial score (nSPS) is 14.0. The number of imidazole rings is 1. The summed E-state index contributed by atoms with van der Waals surface area (Å²) in [7, 11) is 0. The molecule has 0 radical (unpaired) electrons. The molecule has 10 heteroatoms. The molecule has 1 aliphatic rings. The number of benzene rings is 1. The van der Waals surface area contributed by atoms with Gasteiger partial charge in [-0.25, -0.2) is 15.0 Å². The molecule has 2 aromatic heterocycles. The molecule has 3 aromatic rings. The van der Waals surface area contributed by atoms with Crippen LogP contribution < -0.4 is 15.1 Å². The van der Waals surface area contributed by atoms with E-state index in [2.05, 4.69) is 37.3 Å². The Hall–Kier alpha value is -3.69. The fourth-order valence-electron chi connectivity index (χ4n) is 3.60. The molecular weight excluding hydrogens is 384 g/mol. The first-order valence-corrected chi connectivity index (χ1v) is 9.96. The molecular formula is C20H24N8O2. The summed E-state index contributed by atoms with van der Waals surface area (Å²) in [6.45, 7) is 4.22. The molecule has 4 rings (SSSR count). The zero-order chi connectivity index (χ0) is 20.8. The number of anilines is 3. The van der Waals surface area contributed by atoms with E-state index in [1.165, 1.54) is 6.33 Å². The maximum atomic E-state index is 11.8. The molecule has 1 aliphatic heterocycles. The molecule has 0 aliphatic carbocycles. The number of aryl methyl sites for hydroxylation is 1. The molecule has 30 heavy (non-hydrogen) atoms. The van der Waals surface area contributed by atoms with Gasteiger partial charge in [0.1, 0.15) is 6.33 Å². The topological polar surface area (TPSA) is 105 Å². The van der Waals surface area contributed by atoms with Crippen molar-refractivity contribution in [1.82, 2.24) is 19.5 Å². The van der Waals surface area contributed by atoms with Gasteiger partial charge in [0.15, 0.2) is 0 Å². The third-order valence-electron chi connectivity index (χ3n) is 5.13. The number of nitro groups is 1. The largest absolute Gasteiger partial charge is 0.368 e. The fourth-order valence-corrected chi connectivity index (χ4v) is 3.60. The van der Waals surface area contributed by atoms with Crippen LogP contribution in [0.2, 0.25) is 0 Å². The highest BCUT2D eigenvalue weighted by molar-refractivity contribution is 5.70. The van der Waals surface area contributed by atoms with Crippen LogP contribution in [-0.4, -0.2) is 57.2 Å². The molecule has 0 spiro atoms. The van der Waals surface area contributed by atoms with Crippen LogP contribution in [0.4, 0.5) is 23.0 Å². The summed E-state index contributed by atoms with van der Waals surface area (Å²) in [4.78, 5) is 28.1. The molecule has 156 valence electrons. The van der Waals surface area contributed by atoms with Crippen LogP contribution in [0.3, 0.4) is 0 Å². The van der Waals surface area contributed by atoms with E-state index in [0.717, 1.165) is 31.7 Å². The molecule has 0 amide bonds. The summed E-state index contributed by atoms with van der Waals surface area (Å²) >= 11 is 0. The Morgan fingerprint density at radius 3 is 2.53 bits per heavy atom. The Morgan fingerprint density at radius 1 is 1.07 bits per heavy atom. The van der Waals surface area contributed by atoms with Gasteiger partial charge in [-0.1, -0.05) is 18.2 Å². The Balaban J connectivity index is 1.42. The minimum Gasteiger partial charge on any atom is -0.368 e. The average molecular weight is 408 g/mol. The highest BCUT2D eigenvalue weighted by atomic mass is 16.6. The number of nitrogens with zero attached hydrogens (tertiary/aromatic N) is 7. The van der Waals surface area contributed by atoms with Gasteiger partial charge in [0.25, 0.3) is 0 Å². The van der Waals surface area contributed by atoms with Crippen molar-refractivity contribution >= 4 is 23.0 Å². The monoisotopic (exact) mass is 408 g/mol. The minimum absolute atomic E-state index is 0.0618. The van der Waals surface area contributed by atoms with Gasteiger partial charge in [0, 0.05) is 57.3 Å². The predicted octanol–water partition coefficient (Wildman–Crippen LogP) is 2.41. The van der Waals surface area contributed by atoms with Crippen LogP contribution in [0.1, 0.15) is 6.42 Å². The molecule has 1 aromatic carbocycles. The molecule has 0 atom stereocenters. The number of rotatable bonds is 8. The first-order valence-electron chi connectivity index (χ1n) is 9.96. The first kappa shape index (κ1) is 19.6. The zero-order valence-electron chi connectivity index (χ0n) is 16.6. The van der Waals surface area contributed by atoms with Crippen molar-refractivity contribution in [3.8, 4) is 0 Å². The maximum Gasteiger partial charge on any atom is 0.353 e. The first-order chi connectivity index (χ1) is 14.7. The lowest BCUT2D eigenvalue weighted by atomic mass is 10.2. The van der Waals surface area contributed by atoms with Gasteiger partial charge in [-0.05, 0) is 18.6 Å². The summed E-state index contributed by atoms with van der Waals surface area (Å²) in [5, 5.41) is 14.9. The molecule has 3 heterocycles. The van der Waals surface area contributed by atoms with Crippen LogP contribution in [0.5, 0.6) is 0 Å². The van der Waals surface area contributed by atoms with E-state index in [9.17, 15) is 10.1 Å². The van der Waals surface area contributed by atoms with Crippen molar-refractivity contribution in [3.05, 3.63) is 65.5 Å². The lowest BCUT2D eigenvalue weighted by Gasteiger charge is -2.36. The average Bonchev–Trinajstić information content (AvgIpc) is 3.31. The standard InChI is InChI=1S/C20H24N8O2/c29-28(30)18-19(22-7-4-9-25-10-8-21-16-25)23-15-24-20(18)27-13-11-26(12-14-27)17-5-2-1-3-6-17/h1-3,5-6,8,10,15-16H,4,7,9,11-14H2,(H,22,23,24). The summed E-state index contributed by atoms with van der Waals surface area (Å²) < 4.78 is 1.97. The van der Waals surface area contributed by atoms with Gasteiger partial charge in [-0.15, -0.1) is 0 Å². The highest BCUT2D eigenvalue weighted by Gasteiger charge is 2.29. The van der Waals surface area contributed by atoms with Gasteiger partial charge in [-0.3, -0.25) is 10.1 Å². The highest BCUT2D eigenvalue weighted by Crippen LogP contribution is 2.32. The second kappa shape index (κ2) is 9.21. The molecule has 0 saturated carbocycles. The second-order valence-electron chi connectivity index (χ2n) is 7.04. The predicted molar refractivity (Wildman–Crippen MR) is 115 cm³/mol. The van der Waals surface area contributed by atoms with Crippen molar-refractivity contribution < 1.29 is 4.92 Å². The maximum absolute atomic E-state index is 11.8. The number of para-hydroxylation sites is 1. The Kier molecular flexibility index (Phi) is 6.02. The Morgan fingerprint density at radius 2 is 1.83 bits per heavy atom. The number of hydrogen-bond acceptors (Lipinski definition) is 8. The van der Waals surface area contributed by atoms with E-state index in [-0.39, 0.29) is 11.5 Å².